The molecule has 12 heteroatoms. The zero-order chi connectivity index (χ0) is 22.0. The minimum absolute atomic E-state index is 0. The van der Waals surface area contributed by atoms with Gasteiger partial charge in [-0.05, 0) is 44.0 Å². The first-order valence-corrected chi connectivity index (χ1v) is 9.96. The lowest BCUT2D eigenvalue weighted by molar-refractivity contribution is 0.312. The smallest absolute Gasteiger partial charge is 0.282 e. The van der Waals surface area contributed by atoms with Crippen LogP contribution in [0.4, 0.5) is 17.6 Å². The summed E-state index contributed by atoms with van der Waals surface area (Å²) in [6, 6.07) is 4.08. The lowest BCUT2D eigenvalue weighted by atomic mass is 10.1. The molecule has 2 aromatic rings. The van der Waals surface area contributed by atoms with Crippen LogP contribution >= 0.6 is 31.9 Å². The minimum atomic E-state index is -0.665. The van der Waals surface area contributed by atoms with Gasteiger partial charge in [-0.2, -0.15) is 0 Å². The topological polar surface area (TPSA) is 95.2 Å². The molecular formula is C19H18Br2F4N4O2. The van der Waals surface area contributed by atoms with Gasteiger partial charge >= 0.3 is 0 Å². The van der Waals surface area contributed by atoms with E-state index < -0.39 is 35.4 Å². The highest BCUT2D eigenvalue weighted by molar-refractivity contribution is 9.10. The number of benzene rings is 2. The Morgan fingerprint density at radius 3 is 1.39 bits per heavy atom. The van der Waals surface area contributed by atoms with Crippen LogP contribution in [0.15, 0.2) is 43.2 Å². The molecular weight excluding hydrogens is 552 g/mol. The molecule has 0 bridgehead atoms. The van der Waals surface area contributed by atoms with Crippen molar-refractivity contribution in [2.45, 2.75) is 19.5 Å². The molecule has 6 nitrogen and oxygen atoms in total. The van der Waals surface area contributed by atoms with Crippen molar-refractivity contribution in [2.24, 2.45) is 21.5 Å². The van der Waals surface area contributed by atoms with Gasteiger partial charge in [0.05, 0.1) is 8.95 Å². The van der Waals surface area contributed by atoms with E-state index in [4.69, 9.17) is 20.9 Å². The summed E-state index contributed by atoms with van der Waals surface area (Å²) in [7, 11) is 0. The normalized spacial score (nSPS) is 19.3. The van der Waals surface area contributed by atoms with Crippen molar-refractivity contribution in [1.82, 2.24) is 0 Å². The Morgan fingerprint density at radius 1 is 0.742 bits per heavy atom. The van der Waals surface area contributed by atoms with Gasteiger partial charge in [0.25, 0.3) is 12.0 Å². The van der Waals surface area contributed by atoms with Gasteiger partial charge in [-0.3, -0.25) is 0 Å². The summed E-state index contributed by atoms with van der Waals surface area (Å²) in [5, 5.41) is 0. The average molecular weight is 570 g/mol. The van der Waals surface area contributed by atoms with Gasteiger partial charge in [0.2, 0.25) is 0 Å². The number of halogens is 6. The summed E-state index contributed by atoms with van der Waals surface area (Å²) >= 11 is 5.64. The van der Waals surface area contributed by atoms with Crippen LogP contribution in [0.2, 0.25) is 0 Å². The summed E-state index contributed by atoms with van der Waals surface area (Å²) < 4.78 is 62.5. The number of nitrogens with two attached hydrogens (primary N) is 2. The van der Waals surface area contributed by atoms with Gasteiger partial charge < -0.3 is 20.9 Å². The predicted octanol–water partition coefficient (Wildman–Crippen LogP) is 4.86. The Bertz CT molecular complexity index is 955. The third kappa shape index (κ3) is 5.48. The number of ether oxygens (including phenoxy) is 2. The molecule has 31 heavy (non-hydrogen) atoms. The fourth-order valence-corrected chi connectivity index (χ4v) is 3.42. The van der Waals surface area contributed by atoms with E-state index in [-0.39, 0.29) is 52.8 Å². The zero-order valence-electron chi connectivity index (χ0n) is 15.0. The predicted molar refractivity (Wildman–Crippen MR) is 115 cm³/mol. The Kier molecular flexibility index (Phi) is 8.29. The monoisotopic (exact) mass is 568 g/mol. The molecule has 2 aliphatic rings. The van der Waals surface area contributed by atoms with E-state index in [1.807, 2.05) is 0 Å². The summed E-state index contributed by atoms with van der Waals surface area (Å²) in [5.41, 5.74) is 11.1. The number of rotatable bonds is 2. The van der Waals surface area contributed by atoms with Crippen molar-refractivity contribution in [1.29, 1.82) is 0 Å². The van der Waals surface area contributed by atoms with Crippen LogP contribution in [0.1, 0.15) is 30.6 Å². The Labute approximate surface area is 192 Å². The molecule has 0 radical (unpaired) electrons. The lowest BCUT2D eigenvalue weighted by Crippen LogP contribution is -2.10. The highest BCUT2D eigenvalue weighted by Crippen LogP contribution is 2.31. The SMILES string of the molecule is C.NC1=N[C@@H](c2ccc(F)c(Br)c2F)CO1.NC1=N[C@@H](c2ccc(F)c(Br)c2F)CO1. The third-order valence-corrected chi connectivity index (χ3v) is 5.65. The molecule has 0 aromatic heterocycles. The molecule has 0 aliphatic carbocycles. The van der Waals surface area contributed by atoms with Gasteiger partial charge in [0.1, 0.15) is 48.6 Å². The quantitative estimate of drug-likeness (QED) is 0.399. The number of hydrogen-bond donors (Lipinski definition) is 2. The van der Waals surface area contributed by atoms with Crippen molar-refractivity contribution >= 4 is 43.9 Å². The van der Waals surface area contributed by atoms with Crippen LogP contribution in [-0.2, 0) is 9.47 Å². The van der Waals surface area contributed by atoms with E-state index in [1.54, 1.807) is 0 Å². The average Bonchev–Trinajstić information content (AvgIpc) is 3.33. The first-order valence-electron chi connectivity index (χ1n) is 8.38. The van der Waals surface area contributed by atoms with Gasteiger partial charge in [-0.25, -0.2) is 27.5 Å². The highest BCUT2D eigenvalue weighted by atomic mass is 79.9. The van der Waals surface area contributed by atoms with Crippen LogP contribution < -0.4 is 11.5 Å². The molecule has 0 spiro atoms. The maximum atomic E-state index is 13.6. The van der Waals surface area contributed by atoms with E-state index in [1.165, 1.54) is 24.3 Å². The van der Waals surface area contributed by atoms with Crippen molar-refractivity contribution in [3.63, 3.8) is 0 Å². The number of hydrogen-bond acceptors (Lipinski definition) is 6. The van der Waals surface area contributed by atoms with E-state index in [0.717, 1.165) is 0 Å². The molecule has 0 amide bonds. The highest BCUT2D eigenvalue weighted by Gasteiger charge is 2.25. The summed E-state index contributed by atoms with van der Waals surface area (Å²) in [6.07, 6.45) is 0. The maximum Gasteiger partial charge on any atom is 0.282 e. The van der Waals surface area contributed by atoms with Crippen LogP contribution in [0.3, 0.4) is 0 Å². The summed E-state index contributed by atoms with van der Waals surface area (Å²) in [4.78, 5) is 7.76. The van der Waals surface area contributed by atoms with E-state index in [0.29, 0.717) is 0 Å². The van der Waals surface area contributed by atoms with Crippen LogP contribution in [0.25, 0.3) is 0 Å². The fourth-order valence-electron chi connectivity index (χ4n) is 2.70. The standard InChI is InChI=1S/2C9H7BrF2N2O.CH4/c2*10-7-5(11)2-1-4(8(7)12)6-3-15-9(13)14-6;/h2*1-2,6H,3H2,(H2,13,14);1H4/t2*6-;/m11./s1. The molecule has 0 unspecified atom stereocenters. The lowest BCUT2D eigenvalue weighted by Gasteiger charge is -2.08. The molecule has 2 aliphatic heterocycles. The molecule has 4 N–H and O–H groups in total. The van der Waals surface area contributed by atoms with Crippen LogP contribution in [-0.4, -0.2) is 25.3 Å². The largest absolute Gasteiger partial charge is 0.463 e. The van der Waals surface area contributed by atoms with Gasteiger partial charge in [-0.1, -0.05) is 19.6 Å². The van der Waals surface area contributed by atoms with E-state index >= 15 is 0 Å². The van der Waals surface area contributed by atoms with Crippen molar-refractivity contribution in [3.8, 4) is 0 Å². The molecule has 168 valence electrons. The van der Waals surface area contributed by atoms with Crippen LogP contribution in [0, 0.1) is 23.3 Å². The van der Waals surface area contributed by atoms with Crippen molar-refractivity contribution in [2.75, 3.05) is 13.2 Å². The first kappa shape index (κ1) is 24.9. The fraction of sp³-hybridized carbons (Fsp3) is 0.263. The molecule has 2 aromatic carbocycles. The molecule has 0 fully saturated rings. The van der Waals surface area contributed by atoms with Gasteiger partial charge in [0.15, 0.2) is 0 Å². The second kappa shape index (κ2) is 10.3. The maximum absolute atomic E-state index is 13.6. The van der Waals surface area contributed by atoms with E-state index in [9.17, 15) is 17.6 Å². The molecule has 2 atom stereocenters. The molecule has 2 heterocycles. The number of amidine groups is 2. The molecule has 0 saturated heterocycles. The van der Waals surface area contributed by atoms with E-state index in [2.05, 4.69) is 41.8 Å². The van der Waals surface area contributed by atoms with Crippen molar-refractivity contribution in [3.05, 3.63) is 67.6 Å². The third-order valence-electron chi connectivity index (χ3n) is 4.19. The minimum Gasteiger partial charge on any atom is -0.463 e. The first-order chi connectivity index (χ1) is 14.2. The zero-order valence-corrected chi connectivity index (χ0v) is 18.2. The molecule has 0 saturated carbocycles. The second-order valence-electron chi connectivity index (χ2n) is 6.12. The number of aliphatic imine (C=N–C) groups is 2. The Morgan fingerprint density at radius 2 is 1.10 bits per heavy atom. The Hall–Kier alpha value is -2.34. The van der Waals surface area contributed by atoms with Crippen LogP contribution in [0.5, 0.6) is 0 Å². The molecule has 4 rings (SSSR count). The number of nitrogens with zero attached hydrogens (tertiary/aromatic N) is 2. The van der Waals surface area contributed by atoms with Gasteiger partial charge in [0, 0.05) is 11.1 Å². The Balaban J connectivity index is 0.000000213. The van der Waals surface area contributed by atoms with Gasteiger partial charge in [-0.15, -0.1) is 0 Å². The summed E-state index contributed by atoms with van der Waals surface area (Å²) in [6.45, 7) is 0.363. The summed E-state index contributed by atoms with van der Waals surface area (Å²) in [5.74, 6) is -2.62. The second-order valence-corrected chi connectivity index (χ2v) is 7.70. The van der Waals surface area contributed by atoms with Crippen molar-refractivity contribution < 1.29 is 27.0 Å².